The lowest BCUT2D eigenvalue weighted by molar-refractivity contribution is 0.908. The number of aryl methyl sites for hydroxylation is 1. The van der Waals surface area contributed by atoms with E-state index in [1.165, 1.54) is 121 Å². The third kappa shape index (κ3) is 6.65. The van der Waals surface area contributed by atoms with E-state index >= 15 is 0 Å². The Bertz CT molecular complexity index is 3300. The molecule has 0 aliphatic carbocycles. The van der Waals surface area contributed by atoms with Gasteiger partial charge in [-0.2, -0.15) is 0 Å². The molecule has 0 amide bonds. The van der Waals surface area contributed by atoms with Gasteiger partial charge >= 0.3 is 0 Å². The van der Waals surface area contributed by atoms with Gasteiger partial charge in [-0.25, -0.2) is 4.98 Å². The summed E-state index contributed by atoms with van der Waals surface area (Å²) in [5.41, 5.74) is 26.6. The fraction of sp³-hybridized carbons (Fsp3) is 0.0377. The Morgan fingerprint density at radius 1 is 0.365 bits per heavy atom. The predicted octanol–water partition coefficient (Wildman–Crippen LogP) is 0.296. The molecule has 0 saturated heterocycles. The van der Waals surface area contributed by atoms with Crippen LogP contribution in [-0.2, 0) is 6.42 Å². The minimum absolute atomic E-state index is 0.868. The minimum Gasteiger partial charge on any atom is -0.296 e. The zero-order valence-corrected chi connectivity index (χ0v) is 38.0. The van der Waals surface area contributed by atoms with Crippen LogP contribution in [0.2, 0.25) is 0 Å². The minimum atomic E-state index is 0.868. The van der Waals surface area contributed by atoms with Crippen LogP contribution in [0.4, 0.5) is 0 Å². The van der Waals surface area contributed by atoms with Gasteiger partial charge in [0.2, 0.25) is 0 Å². The molecule has 1 aromatic heterocycles. The van der Waals surface area contributed by atoms with Crippen molar-refractivity contribution < 1.29 is 0 Å². The van der Waals surface area contributed by atoms with Crippen LogP contribution in [-0.4, -0.2) is 72.3 Å². The first-order valence-corrected chi connectivity index (χ1v) is 22.5. The molecule has 10 rings (SSSR count). The van der Waals surface area contributed by atoms with E-state index in [0.717, 1.165) is 29.0 Å². The van der Waals surface area contributed by atoms with Crippen LogP contribution in [0, 0.1) is 0 Å². The molecule has 9 aromatic carbocycles. The van der Waals surface area contributed by atoms with Gasteiger partial charge in [-0.3, -0.25) is 4.57 Å². The van der Waals surface area contributed by atoms with E-state index in [-0.39, 0.29) is 0 Å². The van der Waals surface area contributed by atoms with Crippen molar-refractivity contribution in [2.45, 2.75) is 13.3 Å². The average molecular weight is 797 g/mol. The first-order chi connectivity index (χ1) is 30.5. The lowest BCUT2D eigenvalue weighted by Crippen LogP contribution is -2.50. The number of imidazole rings is 1. The van der Waals surface area contributed by atoms with Crippen molar-refractivity contribution in [3.8, 4) is 61.3 Å². The smallest absolute Gasteiger partial charge is 0.139 e. The Kier molecular flexibility index (Phi) is 10.3. The highest BCUT2D eigenvalue weighted by Gasteiger charge is 2.26. The van der Waals surface area contributed by atoms with E-state index in [1.807, 2.05) is 0 Å². The summed E-state index contributed by atoms with van der Waals surface area (Å²) >= 11 is 0. The van der Waals surface area contributed by atoms with Crippen LogP contribution in [0.5, 0.6) is 0 Å². The summed E-state index contributed by atoms with van der Waals surface area (Å²) in [5.74, 6) is 1.08. The van der Waals surface area contributed by atoms with Gasteiger partial charge in [0.05, 0.1) is 11.0 Å². The normalized spacial score (nSPS) is 11.5. The third-order valence-electron chi connectivity index (χ3n) is 14.4. The summed E-state index contributed by atoms with van der Waals surface area (Å²) in [6.07, 6.45) is 0.868. The number of para-hydroxylation sites is 2. The predicted molar refractivity (Wildman–Crippen MR) is 298 cm³/mol. The van der Waals surface area contributed by atoms with Crippen molar-refractivity contribution >= 4 is 139 Å². The van der Waals surface area contributed by atoms with Gasteiger partial charge in [0.25, 0.3) is 0 Å². The molecule has 0 spiro atoms. The molecule has 1 heterocycles. The number of nitrogens with zero attached hydrogens (tertiary/aromatic N) is 2. The second-order valence-electron chi connectivity index (χ2n) is 17.6. The number of hydrogen-bond donors (Lipinski definition) is 0. The van der Waals surface area contributed by atoms with Gasteiger partial charge < -0.3 is 0 Å². The molecule has 292 valence electrons. The maximum Gasteiger partial charge on any atom is 0.139 e. The molecule has 0 radical (unpaired) electrons. The van der Waals surface area contributed by atoms with Gasteiger partial charge in [-0.1, -0.05) is 138 Å². The van der Waals surface area contributed by atoms with Gasteiger partial charge in [-0.15, -0.1) is 21.9 Å². The number of rotatable bonds is 7. The molecule has 0 atom stereocenters. The summed E-state index contributed by atoms with van der Waals surface area (Å²) < 4.78 is 2.30. The Morgan fingerprint density at radius 2 is 0.730 bits per heavy atom. The van der Waals surface area contributed by atoms with Gasteiger partial charge in [0, 0.05) is 12.1 Å². The molecule has 0 N–H and O–H groups in total. The maximum atomic E-state index is 4.93. The molecule has 10 aromatic rings. The van der Waals surface area contributed by atoms with E-state index in [0.29, 0.717) is 0 Å². The quantitative estimate of drug-likeness (QED) is 0.168. The molecule has 0 fully saturated rings. The lowest BCUT2D eigenvalue weighted by atomic mass is 9.59. The lowest BCUT2D eigenvalue weighted by Gasteiger charge is -2.28. The Balaban J connectivity index is 1.23. The van der Waals surface area contributed by atoms with Crippen LogP contribution < -0.4 is 43.7 Å². The molecule has 63 heavy (non-hydrogen) atoms. The van der Waals surface area contributed by atoms with Crippen molar-refractivity contribution in [2.24, 2.45) is 0 Å². The first-order valence-electron chi connectivity index (χ1n) is 22.5. The number of hydrogen-bond acceptors (Lipinski definition) is 1. The van der Waals surface area contributed by atoms with Crippen molar-refractivity contribution in [3.63, 3.8) is 0 Å². The third-order valence-corrected chi connectivity index (χ3v) is 14.4. The van der Waals surface area contributed by atoms with E-state index in [1.54, 1.807) is 0 Å². The maximum absolute atomic E-state index is 4.93. The van der Waals surface area contributed by atoms with Crippen LogP contribution in [0.15, 0.2) is 152 Å². The van der Waals surface area contributed by atoms with Crippen LogP contribution >= 0.6 is 0 Å². The van der Waals surface area contributed by atoms with Crippen molar-refractivity contribution in [1.82, 2.24) is 9.55 Å². The first kappa shape index (κ1) is 40.6. The van der Waals surface area contributed by atoms with Crippen molar-refractivity contribution in [1.29, 1.82) is 0 Å². The summed E-state index contributed by atoms with van der Waals surface area (Å²) in [6.45, 7) is 2.18. The van der Waals surface area contributed by atoms with Gasteiger partial charge in [0.1, 0.15) is 68.6 Å². The van der Waals surface area contributed by atoms with E-state index in [2.05, 4.69) is 226 Å². The Morgan fingerprint density at radius 3 is 1.19 bits per heavy atom. The molecule has 0 aliphatic heterocycles. The van der Waals surface area contributed by atoms with E-state index < -0.39 is 0 Å². The van der Waals surface area contributed by atoms with E-state index in [4.69, 9.17) is 4.98 Å². The van der Waals surface area contributed by atoms with Crippen LogP contribution in [0.25, 0.3) is 93.9 Å². The molecule has 2 nitrogen and oxygen atoms in total. The highest BCUT2D eigenvalue weighted by Crippen LogP contribution is 2.43. The largest absolute Gasteiger partial charge is 0.296 e. The molecule has 0 saturated carbocycles. The van der Waals surface area contributed by atoms with Gasteiger partial charge in [-0.05, 0) is 120 Å². The molecule has 10 heteroatoms. The molecule has 0 aliphatic rings. The topological polar surface area (TPSA) is 17.8 Å². The molecular weight excluding hydrogens is 751 g/mol. The average Bonchev–Trinajstić information content (AvgIpc) is 3.72. The number of fused-ring (bicyclic) bond motifs is 3. The fourth-order valence-electron chi connectivity index (χ4n) is 10.3. The second kappa shape index (κ2) is 16.0. The highest BCUT2D eigenvalue weighted by atomic mass is 15.1. The van der Waals surface area contributed by atoms with Crippen LogP contribution in [0.1, 0.15) is 12.7 Å². The zero-order chi connectivity index (χ0) is 43.7. The van der Waals surface area contributed by atoms with Crippen molar-refractivity contribution in [3.05, 3.63) is 157 Å². The zero-order valence-electron chi connectivity index (χ0n) is 38.0. The second-order valence-corrected chi connectivity index (χ2v) is 17.6. The summed E-state index contributed by atoms with van der Waals surface area (Å²) in [5, 5.41) is 5.41. The number of aromatic nitrogens is 2. The monoisotopic (exact) mass is 798 g/mol. The standard InChI is InChI=1S/C53H46B8N2/c1-2-39-62-37-15-9-10-16-38(37)63(39)36-23-21-31(22-24-36)30-17-19-32(20-18-30)40-42-44(48(56)52(60)50(58)46(42)54)41(45-43(40)47(55)51(59)53(61)49(45)57)35-26-33(28-11-5-3-6-12-28)25-34(27-35)29-13-7-4-8-14-29/h3-27H,2,54-61H2,1H3. The summed E-state index contributed by atoms with van der Waals surface area (Å²) in [7, 11) is 18.7. The molecular formula is C53H46B8N2. The van der Waals surface area contributed by atoms with Crippen molar-refractivity contribution in [2.75, 3.05) is 0 Å². The highest BCUT2D eigenvalue weighted by molar-refractivity contribution is 6.71. The number of benzene rings is 9. The summed E-state index contributed by atoms with van der Waals surface area (Å²) in [6, 6.07) is 55.8. The van der Waals surface area contributed by atoms with E-state index in [9.17, 15) is 0 Å². The molecule has 0 bridgehead atoms. The van der Waals surface area contributed by atoms with Gasteiger partial charge in [0.15, 0.2) is 0 Å². The molecule has 0 unspecified atom stereocenters. The Hall–Kier alpha value is -6.51. The fourth-order valence-corrected chi connectivity index (χ4v) is 10.3. The SMILES string of the molecule is Bc1c(B)c(B)c2c(-c3cc(-c4ccccc4)cc(-c4ccccc4)c3)c3c(B)c(B)c(B)c(B)c3c(-c3ccc(-c4ccc(-n5c(CC)nc6ccccc65)cc4)cc3)c2c1B. The van der Waals surface area contributed by atoms with Crippen LogP contribution in [0.3, 0.4) is 0 Å². The summed E-state index contributed by atoms with van der Waals surface area (Å²) in [4.78, 5) is 4.93. The Labute approximate surface area is 378 Å².